The van der Waals surface area contributed by atoms with E-state index < -0.39 is 5.82 Å². The van der Waals surface area contributed by atoms with E-state index in [0.29, 0.717) is 30.7 Å². The molecule has 0 fully saturated rings. The van der Waals surface area contributed by atoms with Crippen molar-refractivity contribution in [1.29, 1.82) is 0 Å². The minimum atomic E-state index is -0.515. The molecule has 1 heterocycles. The average molecular weight is 409 g/mol. The van der Waals surface area contributed by atoms with Gasteiger partial charge >= 0.3 is 0 Å². The van der Waals surface area contributed by atoms with E-state index in [1.165, 1.54) is 6.20 Å². The number of pyridine rings is 1. The van der Waals surface area contributed by atoms with Gasteiger partial charge in [-0.05, 0) is 31.5 Å². The van der Waals surface area contributed by atoms with Gasteiger partial charge in [0.1, 0.15) is 11.6 Å². The molecule has 0 bridgehead atoms. The molecule has 0 saturated heterocycles. The second-order valence-electron chi connectivity index (χ2n) is 6.68. The number of rotatable bonds is 10. The summed E-state index contributed by atoms with van der Waals surface area (Å²) in [5, 5.41) is 6.11. The van der Waals surface area contributed by atoms with Gasteiger partial charge in [0.15, 0.2) is 11.6 Å². The fourth-order valence-corrected chi connectivity index (χ4v) is 2.96. The number of anilines is 1. The Labute approximate surface area is 170 Å². The van der Waals surface area contributed by atoms with Crippen LogP contribution in [0.15, 0.2) is 30.5 Å². The zero-order chi connectivity index (χ0) is 20.7. The Hall–Kier alpha value is -2.38. The molecule has 28 heavy (non-hydrogen) atoms. The molecule has 1 aromatic carbocycles. The molecule has 2 atom stereocenters. The van der Waals surface area contributed by atoms with Crippen LogP contribution in [-0.4, -0.2) is 38.1 Å². The summed E-state index contributed by atoms with van der Waals surface area (Å²) in [6, 6.07) is 6.49. The van der Waals surface area contributed by atoms with Crippen LogP contribution in [0.5, 0.6) is 11.5 Å². The summed E-state index contributed by atoms with van der Waals surface area (Å²) in [7, 11) is 3.76. The highest BCUT2D eigenvalue weighted by Crippen LogP contribution is 2.36. The van der Waals surface area contributed by atoms with Crippen LogP contribution >= 0.6 is 11.6 Å². The van der Waals surface area contributed by atoms with Crippen LogP contribution < -0.4 is 20.3 Å². The summed E-state index contributed by atoms with van der Waals surface area (Å²) >= 11 is 6.19. The number of benzene rings is 1. The van der Waals surface area contributed by atoms with E-state index in [1.54, 1.807) is 24.3 Å². The number of amides is 1. The Balaban J connectivity index is 2.25. The van der Waals surface area contributed by atoms with E-state index in [9.17, 15) is 4.79 Å². The van der Waals surface area contributed by atoms with Gasteiger partial charge in [-0.1, -0.05) is 24.6 Å². The fraction of sp³-hybridized carbons (Fsp3) is 0.400. The van der Waals surface area contributed by atoms with E-state index in [2.05, 4.69) is 15.6 Å². The van der Waals surface area contributed by atoms with Crippen molar-refractivity contribution in [3.63, 3.8) is 0 Å². The lowest BCUT2D eigenvalue weighted by molar-refractivity contribution is -0.109. The topological polar surface area (TPSA) is 66.5 Å². The Bertz CT molecular complexity index is 787. The van der Waals surface area contributed by atoms with Crippen molar-refractivity contribution in [3.05, 3.63) is 46.9 Å². The molecule has 0 aliphatic heterocycles. The molecule has 2 rings (SSSR count). The molecule has 1 amide bonds. The molecule has 0 aliphatic carbocycles. The lowest BCUT2D eigenvalue weighted by Gasteiger charge is -2.24. The number of carbonyl (C=O) groups is 1. The lowest BCUT2D eigenvalue weighted by Crippen LogP contribution is -2.38. The van der Waals surface area contributed by atoms with Crippen LogP contribution in [0.2, 0.25) is 5.02 Å². The Morgan fingerprint density at radius 3 is 2.64 bits per heavy atom. The number of nitrogens with one attached hydrogen (secondary N) is 2. The first-order chi connectivity index (χ1) is 13.4. The first kappa shape index (κ1) is 21.9. The van der Waals surface area contributed by atoms with Crippen LogP contribution in [0, 0.1) is 5.82 Å². The third-order valence-electron chi connectivity index (χ3n) is 4.25. The van der Waals surface area contributed by atoms with E-state index in [-0.39, 0.29) is 22.9 Å². The summed E-state index contributed by atoms with van der Waals surface area (Å²) < 4.78 is 20.9. The van der Waals surface area contributed by atoms with Gasteiger partial charge in [-0.25, -0.2) is 9.37 Å². The molecule has 2 aromatic rings. The minimum absolute atomic E-state index is 0.0301. The zero-order valence-electron chi connectivity index (χ0n) is 16.5. The smallest absolute Gasteiger partial charge is 0.207 e. The Morgan fingerprint density at radius 1 is 1.32 bits per heavy atom. The molecule has 0 aliphatic rings. The summed E-state index contributed by atoms with van der Waals surface area (Å²) in [6.07, 6.45) is 2.83. The third kappa shape index (κ3) is 5.56. The second-order valence-corrected chi connectivity index (χ2v) is 7.09. The average Bonchev–Trinajstić information content (AvgIpc) is 2.68. The largest absolute Gasteiger partial charge is 0.451 e. The SMILES string of the molecule is CC[C@@H](N[C@@H](C)CNC=O)c1ccc(Cl)c(Oc2ccc(N(C)C)nc2)c1F. The Kier molecular flexibility index (Phi) is 8.02. The molecule has 152 valence electrons. The number of halogens is 2. The minimum Gasteiger partial charge on any atom is -0.451 e. The van der Waals surface area contributed by atoms with Gasteiger partial charge in [0.25, 0.3) is 0 Å². The molecule has 6 nitrogen and oxygen atoms in total. The standard InChI is InChI=1S/C20H26ClFN4O2/c1-5-17(25-13(2)10-23-12-27)15-7-8-16(21)20(19(15)22)28-14-6-9-18(24-11-14)26(3)4/h6-9,11-13,17,25H,5,10H2,1-4H3,(H,23,27)/t13-,17+/m0/s1. The highest BCUT2D eigenvalue weighted by Gasteiger charge is 2.22. The second kappa shape index (κ2) is 10.2. The van der Waals surface area contributed by atoms with E-state index >= 15 is 4.39 Å². The van der Waals surface area contributed by atoms with Gasteiger partial charge in [-0.3, -0.25) is 4.79 Å². The van der Waals surface area contributed by atoms with Crippen LogP contribution in [0.1, 0.15) is 31.9 Å². The van der Waals surface area contributed by atoms with E-state index in [1.807, 2.05) is 32.8 Å². The predicted molar refractivity (Wildman–Crippen MR) is 110 cm³/mol. The molecule has 0 radical (unpaired) electrons. The fourth-order valence-electron chi connectivity index (χ4n) is 2.78. The number of nitrogens with zero attached hydrogens (tertiary/aromatic N) is 2. The molecular weight excluding hydrogens is 383 g/mol. The molecule has 0 spiro atoms. The third-order valence-corrected chi connectivity index (χ3v) is 4.55. The van der Waals surface area contributed by atoms with Crippen molar-refractivity contribution in [2.45, 2.75) is 32.4 Å². The molecule has 8 heteroatoms. The van der Waals surface area contributed by atoms with E-state index in [0.717, 1.165) is 5.82 Å². The number of hydrogen-bond acceptors (Lipinski definition) is 5. The van der Waals surface area contributed by atoms with Gasteiger partial charge in [0.05, 0.1) is 11.2 Å². The van der Waals surface area contributed by atoms with Crippen molar-refractivity contribution in [3.8, 4) is 11.5 Å². The Morgan fingerprint density at radius 2 is 2.07 bits per heavy atom. The highest BCUT2D eigenvalue weighted by molar-refractivity contribution is 6.32. The number of hydrogen-bond donors (Lipinski definition) is 2. The van der Waals surface area contributed by atoms with Crippen molar-refractivity contribution >= 4 is 23.8 Å². The number of carbonyl (C=O) groups excluding carboxylic acids is 1. The van der Waals surface area contributed by atoms with Crippen molar-refractivity contribution in [2.24, 2.45) is 0 Å². The van der Waals surface area contributed by atoms with Crippen molar-refractivity contribution < 1.29 is 13.9 Å². The molecule has 2 N–H and O–H groups in total. The van der Waals surface area contributed by atoms with Gasteiger partial charge < -0.3 is 20.3 Å². The van der Waals surface area contributed by atoms with Crippen LogP contribution in [0.4, 0.5) is 10.2 Å². The number of aromatic nitrogens is 1. The normalized spacial score (nSPS) is 12.9. The van der Waals surface area contributed by atoms with Gasteiger partial charge in [0, 0.05) is 38.3 Å². The van der Waals surface area contributed by atoms with Crippen molar-refractivity contribution in [2.75, 3.05) is 25.5 Å². The highest BCUT2D eigenvalue weighted by atomic mass is 35.5. The summed E-state index contributed by atoms with van der Waals surface area (Å²) in [5.74, 6) is 0.616. The molecule has 0 unspecified atom stereocenters. The maximum Gasteiger partial charge on any atom is 0.207 e. The van der Waals surface area contributed by atoms with Gasteiger partial charge in [-0.2, -0.15) is 0 Å². The molecular formula is C20H26ClFN4O2. The monoisotopic (exact) mass is 408 g/mol. The first-order valence-corrected chi connectivity index (χ1v) is 9.47. The quantitative estimate of drug-likeness (QED) is 0.583. The zero-order valence-corrected chi connectivity index (χ0v) is 17.3. The molecule has 1 aromatic heterocycles. The maximum atomic E-state index is 15.2. The maximum absolute atomic E-state index is 15.2. The van der Waals surface area contributed by atoms with E-state index in [4.69, 9.17) is 16.3 Å². The van der Waals surface area contributed by atoms with Crippen LogP contribution in [0.3, 0.4) is 0 Å². The number of ether oxygens (including phenoxy) is 1. The first-order valence-electron chi connectivity index (χ1n) is 9.09. The summed E-state index contributed by atoms with van der Waals surface area (Å²) in [4.78, 5) is 16.6. The van der Waals surface area contributed by atoms with Crippen molar-refractivity contribution in [1.82, 2.24) is 15.6 Å². The summed E-state index contributed by atoms with van der Waals surface area (Å²) in [6.45, 7) is 4.32. The summed E-state index contributed by atoms with van der Waals surface area (Å²) in [5.41, 5.74) is 0.456. The molecule has 0 saturated carbocycles. The van der Waals surface area contributed by atoms with Crippen LogP contribution in [-0.2, 0) is 4.79 Å². The lowest BCUT2D eigenvalue weighted by atomic mass is 10.0. The van der Waals surface area contributed by atoms with Gasteiger partial charge in [0.2, 0.25) is 6.41 Å². The van der Waals surface area contributed by atoms with Gasteiger partial charge in [-0.15, -0.1) is 0 Å². The predicted octanol–water partition coefficient (Wildman–Crippen LogP) is 3.91. The van der Waals surface area contributed by atoms with Crippen LogP contribution in [0.25, 0.3) is 0 Å².